The number of aryl methyl sites for hydroxylation is 1. The normalized spacial score (nSPS) is 11.1. The molecule has 0 fully saturated rings. The van der Waals surface area contributed by atoms with Crippen LogP contribution in [-0.4, -0.2) is 62.2 Å². The van der Waals surface area contributed by atoms with Crippen LogP contribution in [0.25, 0.3) is 22.8 Å². The Morgan fingerprint density at radius 2 is 0.650 bits per heavy atom. The molecule has 0 aromatic heterocycles. The highest BCUT2D eigenvalue weighted by atomic mass is 16.5. The van der Waals surface area contributed by atoms with Gasteiger partial charge in [-0.25, -0.2) is 28.8 Å². The molecular weight excluding hydrogens is 1530 g/mol. The standard InChI is InChI=1S/C42H37NO4.C38H37NO4.C28H27NO4/c1-3-41(44)46-29-27-32-15-21-37(22-16-32)43(38-23-17-33(18-24-38)28-30-47-42(45)4-2)39-25-19-34(20-26-39)31-40(35-11-7-5-8-12-35)36-13-9-6-10-14-36;1-6-36(40)42-23-21-27-11-15-29(16-12-27)39(30-17-13-28(14-18-30)22-24-43-37(41)26(2)3)31-19-20-33-32-9-7-8-10-34(32)38(4,5)35(33)25-31;1-4-27(30)32-19-23-10-14-25(15-11-23)29(18-22-8-6-21(3)7-9-22)26-16-12-24(13-17-26)20-33-28(31)5-2/h3-26,31H,1-2,27-30H2;6-20,25H,1-2,21-24H2,3-5H3;4-17H,1-2,18-20H2,3H3. The van der Waals surface area contributed by atoms with Gasteiger partial charge in [0, 0.05) is 119 Å². The van der Waals surface area contributed by atoms with Gasteiger partial charge >= 0.3 is 35.8 Å². The molecule has 15 heteroatoms. The molecule has 0 saturated carbocycles. The Hall–Kier alpha value is -15.0. The molecule has 620 valence electrons. The van der Waals surface area contributed by atoms with Gasteiger partial charge in [-0.05, 0) is 200 Å². The summed E-state index contributed by atoms with van der Waals surface area (Å²) >= 11 is 0. The highest BCUT2D eigenvalue weighted by molar-refractivity contribution is 5.93. The van der Waals surface area contributed by atoms with Crippen LogP contribution >= 0.6 is 0 Å². The molecule has 0 atom stereocenters. The summed E-state index contributed by atoms with van der Waals surface area (Å²) < 4.78 is 31.0. The zero-order valence-electron chi connectivity index (χ0n) is 70.0. The van der Waals surface area contributed by atoms with Crippen LogP contribution in [-0.2, 0) is 108 Å². The second-order valence-corrected chi connectivity index (χ2v) is 29.7. The summed E-state index contributed by atoms with van der Waals surface area (Å²) in [6.45, 7) is 31.3. The zero-order chi connectivity index (χ0) is 87.0. The van der Waals surface area contributed by atoms with Crippen LogP contribution in [0.15, 0.2) is 373 Å². The average Bonchev–Trinajstić information content (AvgIpc) is 1.58. The second kappa shape index (κ2) is 44.2. The van der Waals surface area contributed by atoms with Crippen molar-refractivity contribution in [1.82, 2.24) is 0 Å². The van der Waals surface area contributed by atoms with Crippen LogP contribution in [0, 0.1) is 6.92 Å². The number of benzene rings is 12. The number of hydrogen-bond acceptors (Lipinski definition) is 15. The van der Waals surface area contributed by atoms with Crippen LogP contribution in [0.5, 0.6) is 0 Å². The minimum atomic E-state index is -0.445. The van der Waals surface area contributed by atoms with Gasteiger partial charge in [-0.3, -0.25) is 0 Å². The third kappa shape index (κ3) is 25.1. The molecule has 15 nitrogen and oxygen atoms in total. The van der Waals surface area contributed by atoms with E-state index in [4.69, 9.17) is 28.4 Å². The lowest BCUT2D eigenvalue weighted by Gasteiger charge is -2.28. The van der Waals surface area contributed by atoms with Gasteiger partial charge in [0.25, 0.3) is 0 Å². The summed E-state index contributed by atoms with van der Waals surface area (Å²) in [5, 5.41) is 0. The molecule has 0 N–H and O–H groups in total. The molecule has 0 saturated heterocycles. The van der Waals surface area contributed by atoms with E-state index in [-0.39, 0.29) is 24.6 Å². The number of hydrogen-bond donors (Lipinski definition) is 0. The SMILES string of the molecule is C=CC(=O)OCCc1ccc(N(c2ccc(C=C(c3ccccc3)c3ccccc3)cc2)c2ccc(CCOC(=O)C=C)cc2)cc1.C=CC(=O)OCCc1ccc(N(c2ccc(CCOC(=O)C(=C)C)cc2)c2ccc3c(c2)C(C)(C)c2ccccc2-3)cc1.C=CC(=O)OCc1ccc(N(Cc2ccc(C)cc2)c2ccc(COC(=O)C=C)cc2)cc1. The van der Waals surface area contributed by atoms with Crippen LogP contribution < -0.4 is 14.7 Å². The Kier molecular flexibility index (Phi) is 31.9. The van der Waals surface area contributed by atoms with Crippen molar-refractivity contribution < 1.29 is 57.2 Å². The molecule has 0 amide bonds. The van der Waals surface area contributed by atoms with Crippen molar-refractivity contribution in [1.29, 1.82) is 0 Å². The maximum Gasteiger partial charge on any atom is 0.333 e. The van der Waals surface area contributed by atoms with Gasteiger partial charge in [0.15, 0.2) is 0 Å². The van der Waals surface area contributed by atoms with Crippen LogP contribution in [0.3, 0.4) is 0 Å². The quantitative estimate of drug-likeness (QED) is 0.0159. The molecule has 0 aliphatic heterocycles. The molecule has 1 aliphatic rings. The highest BCUT2D eigenvalue weighted by Gasteiger charge is 2.36. The Morgan fingerprint density at radius 1 is 0.333 bits per heavy atom. The predicted molar refractivity (Wildman–Crippen MR) is 494 cm³/mol. The van der Waals surface area contributed by atoms with Crippen molar-refractivity contribution in [3.63, 3.8) is 0 Å². The summed E-state index contributed by atoms with van der Waals surface area (Å²) in [5.41, 5.74) is 26.6. The first-order valence-electron chi connectivity index (χ1n) is 40.6. The third-order valence-corrected chi connectivity index (χ3v) is 20.7. The Balaban J connectivity index is 0.000000183. The number of esters is 6. The Bertz CT molecular complexity index is 5510. The van der Waals surface area contributed by atoms with E-state index >= 15 is 0 Å². The van der Waals surface area contributed by atoms with Crippen molar-refractivity contribution in [3.8, 4) is 11.1 Å². The van der Waals surface area contributed by atoms with E-state index in [0.717, 1.165) is 113 Å². The molecule has 0 heterocycles. The van der Waals surface area contributed by atoms with E-state index in [2.05, 4.69) is 318 Å². The van der Waals surface area contributed by atoms with E-state index in [1.165, 1.54) is 51.6 Å². The minimum Gasteiger partial charge on any atom is -0.462 e. The van der Waals surface area contributed by atoms with Crippen molar-refractivity contribution >= 4 is 93.0 Å². The fourth-order valence-electron chi connectivity index (χ4n) is 14.0. The maximum atomic E-state index is 11.8. The van der Waals surface area contributed by atoms with Gasteiger partial charge in [0.05, 0.1) is 26.4 Å². The largest absolute Gasteiger partial charge is 0.462 e. The predicted octanol–water partition coefficient (Wildman–Crippen LogP) is 23.5. The summed E-state index contributed by atoms with van der Waals surface area (Å²) in [6, 6.07) is 102. The van der Waals surface area contributed by atoms with Crippen LogP contribution in [0.2, 0.25) is 0 Å². The maximum absolute atomic E-state index is 11.8. The Labute approximate surface area is 721 Å². The minimum absolute atomic E-state index is 0.120. The van der Waals surface area contributed by atoms with Gasteiger partial charge in [-0.15, -0.1) is 0 Å². The molecule has 1 aliphatic carbocycles. The monoisotopic (exact) mass is 1630 g/mol. The fourth-order valence-corrected chi connectivity index (χ4v) is 14.0. The van der Waals surface area contributed by atoms with Crippen molar-refractivity contribution in [2.24, 2.45) is 0 Å². The molecule has 13 rings (SSSR count). The van der Waals surface area contributed by atoms with Gasteiger partial charge in [-0.2, -0.15) is 0 Å². The van der Waals surface area contributed by atoms with Crippen LogP contribution in [0.1, 0.15) is 93.1 Å². The topological polar surface area (TPSA) is 168 Å². The number of rotatable bonds is 35. The summed E-state index contributed by atoms with van der Waals surface area (Å²) in [7, 11) is 0. The van der Waals surface area contributed by atoms with Crippen molar-refractivity contribution in [3.05, 3.63) is 445 Å². The zero-order valence-corrected chi connectivity index (χ0v) is 70.0. The molecule has 0 radical (unpaired) electrons. The lowest BCUT2D eigenvalue weighted by Crippen LogP contribution is -2.16. The van der Waals surface area contributed by atoms with Gasteiger partial charge < -0.3 is 43.1 Å². The van der Waals surface area contributed by atoms with E-state index in [1.807, 2.05) is 60.7 Å². The number of nitrogens with zero attached hydrogens (tertiary/aromatic N) is 3. The lowest BCUT2D eigenvalue weighted by molar-refractivity contribution is -0.139. The number of carbonyl (C=O) groups is 6. The van der Waals surface area contributed by atoms with E-state index in [1.54, 1.807) is 6.92 Å². The van der Waals surface area contributed by atoms with E-state index < -0.39 is 29.8 Å². The average molecular weight is 1630 g/mol. The summed E-state index contributed by atoms with van der Waals surface area (Å²) in [5.74, 6) is -2.52. The molecule has 0 bridgehead atoms. The number of fused-ring (bicyclic) bond motifs is 3. The summed E-state index contributed by atoms with van der Waals surface area (Å²) in [4.78, 5) is 75.4. The van der Waals surface area contributed by atoms with E-state index in [9.17, 15) is 28.8 Å². The number of carbonyl (C=O) groups excluding carboxylic acids is 6. The summed E-state index contributed by atoms with van der Waals surface area (Å²) in [6.07, 6.45) is 10.5. The number of ether oxygens (including phenoxy) is 6. The molecule has 12 aromatic rings. The van der Waals surface area contributed by atoms with Gasteiger partial charge in [-0.1, -0.05) is 259 Å². The molecule has 12 aromatic carbocycles. The number of anilines is 8. The molecule has 123 heavy (non-hydrogen) atoms. The van der Waals surface area contributed by atoms with Gasteiger partial charge in [0.2, 0.25) is 0 Å². The second-order valence-electron chi connectivity index (χ2n) is 29.7. The lowest BCUT2D eigenvalue weighted by atomic mass is 9.82. The highest BCUT2D eigenvalue weighted by Crippen LogP contribution is 2.51. The van der Waals surface area contributed by atoms with Crippen LogP contribution in [0.4, 0.5) is 45.5 Å². The van der Waals surface area contributed by atoms with Crippen molar-refractivity contribution in [2.75, 3.05) is 41.1 Å². The first-order chi connectivity index (χ1) is 59.7. The molecular formula is C108H101N3O12. The Morgan fingerprint density at radius 3 is 1.04 bits per heavy atom. The molecule has 0 unspecified atom stereocenters. The van der Waals surface area contributed by atoms with Gasteiger partial charge in [0.1, 0.15) is 13.2 Å². The third-order valence-electron chi connectivity index (χ3n) is 20.7. The fraction of sp³-hybridized carbons (Fsp3) is 0.148. The smallest absolute Gasteiger partial charge is 0.333 e. The van der Waals surface area contributed by atoms with E-state index in [0.29, 0.717) is 64.2 Å². The molecule has 0 spiro atoms. The van der Waals surface area contributed by atoms with Crippen molar-refractivity contribution in [2.45, 2.75) is 78.6 Å². The first kappa shape index (κ1) is 88.8. The first-order valence-corrected chi connectivity index (χ1v) is 40.6.